The van der Waals surface area contributed by atoms with Gasteiger partial charge in [-0.1, -0.05) is 6.07 Å². The first-order chi connectivity index (χ1) is 7.06. The zero-order valence-electron chi connectivity index (χ0n) is 9.32. The highest BCUT2D eigenvalue weighted by atomic mass is 32.2. The molecule has 2 unspecified atom stereocenters. The Labute approximate surface area is 93.1 Å². The van der Waals surface area contributed by atoms with E-state index >= 15 is 0 Å². The van der Waals surface area contributed by atoms with Crippen LogP contribution in [0, 0.1) is 6.92 Å². The maximum atomic E-state index is 12.0. The summed E-state index contributed by atoms with van der Waals surface area (Å²) >= 11 is 0. The molecule has 4 heteroatoms. The van der Waals surface area contributed by atoms with Crippen LogP contribution in [0.4, 0.5) is 5.69 Å². The van der Waals surface area contributed by atoms with Gasteiger partial charge in [0.2, 0.25) is 0 Å². The van der Waals surface area contributed by atoms with E-state index in [1.54, 1.807) is 7.11 Å². The lowest BCUT2D eigenvalue weighted by Gasteiger charge is -2.12. The highest BCUT2D eigenvalue weighted by Gasteiger charge is 2.15. The van der Waals surface area contributed by atoms with Gasteiger partial charge in [-0.15, -0.1) is 0 Å². The number of anilines is 1. The van der Waals surface area contributed by atoms with E-state index in [-0.39, 0.29) is 5.25 Å². The van der Waals surface area contributed by atoms with Gasteiger partial charge in [-0.2, -0.15) is 0 Å². The highest BCUT2D eigenvalue weighted by Crippen LogP contribution is 2.20. The van der Waals surface area contributed by atoms with Crippen molar-refractivity contribution in [1.82, 2.24) is 0 Å². The molecule has 0 aliphatic rings. The maximum absolute atomic E-state index is 12.0. The minimum Gasteiger partial charge on any atom is -0.398 e. The van der Waals surface area contributed by atoms with Crippen LogP contribution >= 0.6 is 0 Å². The third-order valence-electron chi connectivity index (χ3n) is 2.15. The maximum Gasteiger partial charge on any atom is 0.0621 e. The number of aryl methyl sites for hydroxylation is 1. The Balaban J connectivity index is 2.91. The topological polar surface area (TPSA) is 52.3 Å². The molecule has 0 amide bonds. The van der Waals surface area contributed by atoms with E-state index in [2.05, 4.69) is 0 Å². The summed E-state index contributed by atoms with van der Waals surface area (Å²) in [5.74, 6) is 0. The van der Waals surface area contributed by atoms with Gasteiger partial charge in [-0.3, -0.25) is 4.21 Å². The largest absolute Gasteiger partial charge is 0.398 e. The van der Waals surface area contributed by atoms with Gasteiger partial charge < -0.3 is 10.5 Å². The molecule has 1 rings (SSSR count). The smallest absolute Gasteiger partial charge is 0.0621 e. The Morgan fingerprint density at radius 1 is 1.53 bits per heavy atom. The van der Waals surface area contributed by atoms with Crippen LogP contribution in [0.15, 0.2) is 23.1 Å². The van der Waals surface area contributed by atoms with Crippen molar-refractivity contribution in [2.75, 3.05) is 19.5 Å². The van der Waals surface area contributed by atoms with Gasteiger partial charge >= 0.3 is 0 Å². The Morgan fingerprint density at radius 2 is 2.20 bits per heavy atom. The average molecular weight is 227 g/mol. The summed E-state index contributed by atoms with van der Waals surface area (Å²) in [5.41, 5.74) is 7.49. The van der Waals surface area contributed by atoms with Crippen molar-refractivity contribution >= 4 is 16.5 Å². The Morgan fingerprint density at radius 3 is 2.73 bits per heavy atom. The van der Waals surface area contributed by atoms with Crippen LogP contribution in [0.3, 0.4) is 0 Å². The molecular formula is C11H17NO2S. The van der Waals surface area contributed by atoms with E-state index in [1.807, 2.05) is 32.0 Å². The van der Waals surface area contributed by atoms with E-state index in [0.717, 1.165) is 5.56 Å². The molecule has 0 spiro atoms. The van der Waals surface area contributed by atoms with Crippen LogP contribution in [0.5, 0.6) is 0 Å². The highest BCUT2D eigenvalue weighted by molar-refractivity contribution is 7.85. The summed E-state index contributed by atoms with van der Waals surface area (Å²) in [6.45, 7) is 4.32. The van der Waals surface area contributed by atoms with Gasteiger partial charge in [0, 0.05) is 12.8 Å². The molecule has 2 atom stereocenters. The monoisotopic (exact) mass is 227 g/mol. The van der Waals surface area contributed by atoms with E-state index in [0.29, 0.717) is 17.2 Å². The molecular weight excluding hydrogens is 210 g/mol. The van der Waals surface area contributed by atoms with Crippen molar-refractivity contribution in [3.05, 3.63) is 23.8 Å². The Kier molecular flexibility index (Phi) is 4.29. The van der Waals surface area contributed by atoms with E-state index < -0.39 is 10.8 Å². The van der Waals surface area contributed by atoms with Gasteiger partial charge in [-0.05, 0) is 31.5 Å². The molecule has 3 nitrogen and oxygen atoms in total. The first-order valence-corrected chi connectivity index (χ1v) is 6.03. The van der Waals surface area contributed by atoms with Gasteiger partial charge in [-0.25, -0.2) is 0 Å². The van der Waals surface area contributed by atoms with Gasteiger partial charge in [0.25, 0.3) is 0 Å². The molecule has 0 saturated carbocycles. The molecule has 0 aromatic heterocycles. The quantitative estimate of drug-likeness (QED) is 0.797. The summed E-state index contributed by atoms with van der Waals surface area (Å²) in [4.78, 5) is 0.699. The van der Waals surface area contributed by atoms with Gasteiger partial charge in [0.15, 0.2) is 0 Å². The number of methoxy groups -OCH3 is 1. The van der Waals surface area contributed by atoms with Crippen LogP contribution in [-0.2, 0) is 15.5 Å². The van der Waals surface area contributed by atoms with Crippen LogP contribution in [0.1, 0.15) is 12.5 Å². The number of nitrogens with two attached hydrogens (primary N) is 1. The normalized spacial score (nSPS) is 14.9. The third-order valence-corrected chi connectivity index (χ3v) is 3.82. The number of hydrogen-bond acceptors (Lipinski definition) is 3. The number of hydrogen-bond donors (Lipinski definition) is 1. The number of ether oxygens (including phenoxy) is 1. The average Bonchev–Trinajstić information content (AvgIpc) is 2.17. The lowest BCUT2D eigenvalue weighted by Crippen LogP contribution is -2.18. The van der Waals surface area contributed by atoms with Crippen LogP contribution in [0.2, 0.25) is 0 Å². The summed E-state index contributed by atoms with van der Waals surface area (Å²) in [6.07, 6.45) is 0. The Bertz CT molecular complexity index is 366. The second-order valence-corrected chi connectivity index (χ2v) is 5.44. The fourth-order valence-electron chi connectivity index (χ4n) is 1.36. The molecule has 0 fully saturated rings. The minimum absolute atomic E-state index is 0.0417. The summed E-state index contributed by atoms with van der Waals surface area (Å²) in [7, 11) is 0.505. The predicted molar refractivity (Wildman–Crippen MR) is 63.3 cm³/mol. The first-order valence-electron chi connectivity index (χ1n) is 4.82. The van der Waals surface area contributed by atoms with E-state index in [4.69, 9.17) is 10.5 Å². The van der Waals surface area contributed by atoms with Crippen LogP contribution < -0.4 is 5.73 Å². The molecule has 0 saturated heterocycles. The molecule has 0 heterocycles. The fourth-order valence-corrected chi connectivity index (χ4v) is 2.55. The number of nitrogen functional groups attached to an aromatic ring is 1. The van der Waals surface area contributed by atoms with Crippen molar-refractivity contribution in [3.63, 3.8) is 0 Å². The second kappa shape index (κ2) is 5.28. The van der Waals surface area contributed by atoms with Crippen molar-refractivity contribution in [3.8, 4) is 0 Å². The lowest BCUT2D eigenvalue weighted by molar-refractivity contribution is 0.202. The summed E-state index contributed by atoms with van der Waals surface area (Å²) in [6, 6.07) is 5.59. The number of benzene rings is 1. The third kappa shape index (κ3) is 3.04. The zero-order valence-corrected chi connectivity index (χ0v) is 10.1. The second-order valence-electron chi connectivity index (χ2n) is 3.60. The van der Waals surface area contributed by atoms with E-state index in [1.165, 1.54) is 0 Å². The van der Waals surface area contributed by atoms with Crippen molar-refractivity contribution in [2.45, 2.75) is 24.0 Å². The minimum atomic E-state index is -1.10. The standard InChI is InChI=1S/C11H17NO2S/c1-8-4-5-11(10(12)6-8)15(13)9(2)7-14-3/h4-6,9H,7,12H2,1-3H3. The molecule has 84 valence electrons. The predicted octanol–water partition coefficient (Wildman–Crippen LogP) is 1.72. The van der Waals surface area contributed by atoms with Crippen molar-refractivity contribution < 1.29 is 8.95 Å². The molecule has 0 radical (unpaired) electrons. The number of rotatable bonds is 4. The molecule has 1 aromatic carbocycles. The van der Waals surface area contributed by atoms with Crippen LogP contribution in [0.25, 0.3) is 0 Å². The Hall–Kier alpha value is -0.870. The lowest BCUT2D eigenvalue weighted by atomic mass is 10.2. The summed E-state index contributed by atoms with van der Waals surface area (Å²) in [5, 5.41) is -0.0417. The molecule has 0 aliphatic heterocycles. The van der Waals surface area contributed by atoms with Crippen LogP contribution in [-0.4, -0.2) is 23.2 Å². The summed E-state index contributed by atoms with van der Waals surface area (Å²) < 4.78 is 17.0. The first kappa shape index (κ1) is 12.2. The fraction of sp³-hybridized carbons (Fsp3) is 0.455. The SMILES string of the molecule is COCC(C)S(=O)c1ccc(C)cc1N. The van der Waals surface area contributed by atoms with Crippen molar-refractivity contribution in [1.29, 1.82) is 0 Å². The zero-order chi connectivity index (χ0) is 11.4. The van der Waals surface area contributed by atoms with E-state index in [9.17, 15) is 4.21 Å². The van der Waals surface area contributed by atoms with Gasteiger partial charge in [0.05, 0.1) is 27.6 Å². The van der Waals surface area contributed by atoms with Crippen molar-refractivity contribution in [2.24, 2.45) is 0 Å². The molecule has 0 aliphatic carbocycles. The molecule has 15 heavy (non-hydrogen) atoms. The van der Waals surface area contributed by atoms with Gasteiger partial charge in [0.1, 0.15) is 0 Å². The molecule has 1 aromatic rings. The molecule has 2 N–H and O–H groups in total. The molecule has 0 bridgehead atoms.